The van der Waals surface area contributed by atoms with E-state index in [0.717, 1.165) is 24.4 Å². The monoisotopic (exact) mass is 311 g/mol. The first kappa shape index (κ1) is 15.9. The molecule has 0 atom stereocenters. The van der Waals surface area contributed by atoms with E-state index in [1.54, 1.807) is 0 Å². The molecule has 1 saturated carbocycles. The van der Waals surface area contributed by atoms with Gasteiger partial charge in [0, 0.05) is 12.0 Å². The van der Waals surface area contributed by atoms with Crippen LogP contribution in [0.1, 0.15) is 61.8 Å². The summed E-state index contributed by atoms with van der Waals surface area (Å²) >= 11 is 1.05. The van der Waals surface area contributed by atoms with Crippen LogP contribution in [0.15, 0.2) is 0 Å². The number of hydrogen-bond acceptors (Lipinski definition) is 5. The standard InChI is InChI=1S/C14H21N3O3S/c1-13(2,3)10-9(21-17-16-10)11(18)15-8-14(12(19)20)6-4-5-7-14/h4-8H2,1-3H3,(H,15,18)(H,19,20). The molecule has 7 heteroatoms. The minimum absolute atomic E-state index is 0.169. The fourth-order valence-corrected chi connectivity index (χ4v) is 3.47. The second-order valence-corrected chi connectivity index (χ2v) is 7.43. The van der Waals surface area contributed by atoms with Crippen molar-refractivity contribution in [3.63, 3.8) is 0 Å². The molecule has 0 unspecified atom stereocenters. The molecule has 2 rings (SSSR count). The van der Waals surface area contributed by atoms with Crippen molar-refractivity contribution < 1.29 is 14.7 Å². The van der Waals surface area contributed by atoms with Crippen LogP contribution >= 0.6 is 11.5 Å². The lowest BCUT2D eigenvalue weighted by Gasteiger charge is -2.24. The third-order valence-corrected chi connectivity index (χ3v) is 4.73. The lowest BCUT2D eigenvalue weighted by molar-refractivity contribution is -0.148. The van der Waals surface area contributed by atoms with E-state index in [4.69, 9.17) is 0 Å². The highest BCUT2D eigenvalue weighted by Gasteiger charge is 2.41. The van der Waals surface area contributed by atoms with E-state index in [2.05, 4.69) is 14.9 Å². The highest BCUT2D eigenvalue weighted by atomic mass is 32.1. The number of nitrogens with one attached hydrogen (secondary N) is 1. The predicted octanol–water partition coefficient (Wildman–Crippen LogP) is 2.21. The summed E-state index contributed by atoms with van der Waals surface area (Å²) in [6.07, 6.45) is 3.04. The number of carbonyl (C=O) groups excluding carboxylic acids is 1. The average molecular weight is 311 g/mol. The minimum atomic E-state index is -0.821. The summed E-state index contributed by atoms with van der Waals surface area (Å²) in [4.78, 5) is 24.3. The highest BCUT2D eigenvalue weighted by Crippen LogP contribution is 2.38. The smallest absolute Gasteiger partial charge is 0.311 e. The Hall–Kier alpha value is -1.50. The lowest BCUT2D eigenvalue weighted by Crippen LogP contribution is -2.41. The zero-order valence-corrected chi connectivity index (χ0v) is 13.4. The van der Waals surface area contributed by atoms with Gasteiger partial charge in [-0.1, -0.05) is 38.1 Å². The van der Waals surface area contributed by atoms with Gasteiger partial charge in [0.25, 0.3) is 5.91 Å². The number of amides is 1. The molecular weight excluding hydrogens is 290 g/mol. The molecule has 1 aromatic heterocycles. The first-order chi connectivity index (χ1) is 9.76. The van der Waals surface area contributed by atoms with Gasteiger partial charge in [0.1, 0.15) is 4.88 Å². The van der Waals surface area contributed by atoms with Crippen molar-refractivity contribution in [1.82, 2.24) is 14.9 Å². The Balaban J connectivity index is 2.09. The lowest BCUT2D eigenvalue weighted by atomic mass is 9.86. The molecule has 116 valence electrons. The topological polar surface area (TPSA) is 92.2 Å². The Bertz CT molecular complexity index is 542. The summed E-state index contributed by atoms with van der Waals surface area (Å²) in [7, 11) is 0. The van der Waals surface area contributed by atoms with Crippen LogP contribution in [0.2, 0.25) is 0 Å². The van der Waals surface area contributed by atoms with Crippen molar-refractivity contribution in [2.75, 3.05) is 6.54 Å². The van der Waals surface area contributed by atoms with E-state index in [-0.39, 0.29) is 17.9 Å². The molecule has 1 heterocycles. The number of aromatic nitrogens is 2. The van der Waals surface area contributed by atoms with Gasteiger partial charge < -0.3 is 10.4 Å². The number of nitrogens with zero attached hydrogens (tertiary/aromatic N) is 2. The second kappa shape index (κ2) is 5.71. The first-order valence-electron chi connectivity index (χ1n) is 7.11. The molecule has 1 aliphatic carbocycles. The van der Waals surface area contributed by atoms with Crippen LogP contribution in [0.5, 0.6) is 0 Å². The Labute approximate surface area is 128 Å². The Kier molecular flexibility index (Phi) is 4.32. The molecule has 1 amide bonds. The van der Waals surface area contributed by atoms with Crippen LogP contribution in [-0.2, 0) is 10.2 Å². The van der Waals surface area contributed by atoms with Crippen molar-refractivity contribution in [3.05, 3.63) is 10.6 Å². The highest BCUT2D eigenvalue weighted by molar-refractivity contribution is 7.08. The van der Waals surface area contributed by atoms with Gasteiger partial charge in [-0.2, -0.15) is 0 Å². The van der Waals surface area contributed by atoms with Crippen LogP contribution in [0.25, 0.3) is 0 Å². The van der Waals surface area contributed by atoms with E-state index in [9.17, 15) is 14.7 Å². The molecule has 0 saturated heterocycles. The van der Waals surface area contributed by atoms with Crippen molar-refractivity contribution in [2.24, 2.45) is 5.41 Å². The maximum Gasteiger partial charge on any atom is 0.311 e. The molecule has 2 N–H and O–H groups in total. The number of rotatable bonds is 4. The average Bonchev–Trinajstić information content (AvgIpc) is 3.05. The molecule has 21 heavy (non-hydrogen) atoms. The van der Waals surface area contributed by atoms with Gasteiger partial charge in [-0.15, -0.1) is 5.10 Å². The van der Waals surface area contributed by atoms with E-state index in [0.29, 0.717) is 23.4 Å². The number of carbonyl (C=O) groups is 2. The Morgan fingerprint density at radius 2 is 1.95 bits per heavy atom. The van der Waals surface area contributed by atoms with E-state index in [1.807, 2.05) is 20.8 Å². The summed E-state index contributed by atoms with van der Waals surface area (Å²) in [5, 5.41) is 16.2. The molecule has 0 aromatic carbocycles. The Morgan fingerprint density at radius 3 is 2.48 bits per heavy atom. The van der Waals surface area contributed by atoms with Crippen LogP contribution in [-0.4, -0.2) is 33.1 Å². The largest absolute Gasteiger partial charge is 0.481 e. The summed E-state index contributed by atoms with van der Waals surface area (Å²) in [5.41, 5.74) is -0.423. The minimum Gasteiger partial charge on any atom is -0.481 e. The number of aliphatic carboxylic acids is 1. The van der Waals surface area contributed by atoms with Crippen LogP contribution in [0, 0.1) is 5.41 Å². The molecule has 0 spiro atoms. The van der Waals surface area contributed by atoms with Crippen molar-refractivity contribution >= 4 is 23.4 Å². The second-order valence-electron chi connectivity index (χ2n) is 6.68. The summed E-state index contributed by atoms with van der Waals surface area (Å²) in [6.45, 7) is 6.07. The van der Waals surface area contributed by atoms with E-state index >= 15 is 0 Å². The maximum atomic E-state index is 12.3. The van der Waals surface area contributed by atoms with Gasteiger partial charge >= 0.3 is 5.97 Å². The van der Waals surface area contributed by atoms with Gasteiger partial charge in [0.05, 0.1) is 11.1 Å². The molecule has 0 aliphatic heterocycles. The van der Waals surface area contributed by atoms with Gasteiger partial charge in [0.15, 0.2) is 0 Å². The summed E-state index contributed by atoms with van der Waals surface area (Å²) in [5.74, 6) is -1.10. The zero-order chi connectivity index (χ0) is 15.7. The molecule has 1 fully saturated rings. The fourth-order valence-electron chi connectivity index (χ4n) is 2.68. The van der Waals surface area contributed by atoms with E-state index in [1.165, 1.54) is 0 Å². The molecule has 6 nitrogen and oxygen atoms in total. The predicted molar refractivity (Wildman–Crippen MR) is 79.5 cm³/mol. The van der Waals surface area contributed by atoms with Crippen LogP contribution < -0.4 is 5.32 Å². The third kappa shape index (κ3) is 3.23. The third-order valence-electron chi connectivity index (χ3n) is 4.01. The Morgan fingerprint density at radius 1 is 1.33 bits per heavy atom. The maximum absolute atomic E-state index is 12.3. The molecular formula is C14H21N3O3S. The molecule has 0 radical (unpaired) electrons. The van der Waals surface area contributed by atoms with Crippen molar-refractivity contribution in [1.29, 1.82) is 0 Å². The van der Waals surface area contributed by atoms with Gasteiger partial charge in [-0.05, 0) is 24.4 Å². The van der Waals surface area contributed by atoms with Crippen molar-refractivity contribution in [2.45, 2.75) is 51.9 Å². The SMILES string of the molecule is CC(C)(C)c1nnsc1C(=O)NCC1(C(=O)O)CCCC1. The van der Waals surface area contributed by atoms with Gasteiger partial charge in [0.2, 0.25) is 0 Å². The van der Waals surface area contributed by atoms with E-state index < -0.39 is 11.4 Å². The molecule has 0 bridgehead atoms. The number of carboxylic acid groups (broad SMARTS) is 1. The normalized spacial score (nSPS) is 17.7. The van der Waals surface area contributed by atoms with Crippen LogP contribution in [0.4, 0.5) is 0 Å². The van der Waals surface area contributed by atoms with Gasteiger partial charge in [-0.25, -0.2) is 0 Å². The fraction of sp³-hybridized carbons (Fsp3) is 0.714. The summed E-state index contributed by atoms with van der Waals surface area (Å²) < 4.78 is 3.86. The van der Waals surface area contributed by atoms with Crippen LogP contribution in [0.3, 0.4) is 0 Å². The molecule has 1 aliphatic rings. The first-order valence-corrected chi connectivity index (χ1v) is 7.88. The number of carboxylic acids is 1. The summed E-state index contributed by atoms with van der Waals surface area (Å²) in [6, 6.07) is 0. The zero-order valence-electron chi connectivity index (χ0n) is 12.6. The quantitative estimate of drug-likeness (QED) is 0.889. The van der Waals surface area contributed by atoms with Crippen molar-refractivity contribution in [3.8, 4) is 0 Å². The van der Waals surface area contributed by atoms with Gasteiger partial charge in [-0.3, -0.25) is 9.59 Å². The molecule has 1 aromatic rings. The number of hydrogen-bond donors (Lipinski definition) is 2.